The van der Waals surface area contributed by atoms with Crippen LogP contribution in [0, 0.1) is 34.5 Å². The molecule has 2 N–H and O–H groups in total. The van der Waals surface area contributed by atoms with Gasteiger partial charge in [0.15, 0.2) is 0 Å². The topological polar surface area (TPSA) is 66.2 Å². The molecule has 0 saturated heterocycles. The lowest BCUT2D eigenvalue weighted by molar-refractivity contribution is -0.104. The normalized spacial score (nSPS) is 43.9. The fourth-order valence-corrected chi connectivity index (χ4v) is 8.69. The first-order chi connectivity index (χ1) is 14.7. The van der Waals surface area contributed by atoms with Crippen LogP contribution in [0.15, 0.2) is 30.0 Å². The summed E-state index contributed by atoms with van der Waals surface area (Å²) >= 11 is 0. The number of aromatic nitrogens is 2. The van der Waals surface area contributed by atoms with Crippen molar-refractivity contribution < 1.29 is 10.2 Å². The van der Waals surface area contributed by atoms with Gasteiger partial charge in [0.05, 0.1) is 17.4 Å². The molecule has 3 fully saturated rings. The Balaban J connectivity index is 1.35. The summed E-state index contributed by atoms with van der Waals surface area (Å²) in [5.41, 5.74) is 2.37. The molecule has 0 aromatic carbocycles. The summed E-state index contributed by atoms with van der Waals surface area (Å²) in [4.78, 5) is 0. The highest BCUT2D eigenvalue weighted by Crippen LogP contribution is 2.67. The SMILES string of the molecule is CC(O)(CCc1cccnn1)[C@H]1CC[C@H]2[C@@H]3CC=C4C[C@@H](O)CC[C@]4(C)[C@H]3CC[C@]12C. The monoisotopic (exact) mass is 424 g/mol. The summed E-state index contributed by atoms with van der Waals surface area (Å²) in [5, 5.41) is 30.1. The van der Waals surface area contributed by atoms with Crippen molar-refractivity contribution in [3.63, 3.8) is 0 Å². The van der Waals surface area contributed by atoms with Gasteiger partial charge < -0.3 is 10.2 Å². The van der Waals surface area contributed by atoms with Gasteiger partial charge in [0.1, 0.15) is 0 Å². The predicted molar refractivity (Wildman–Crippen MR) is 122 cm³/mol. The molecule has 0 spiro atoms. The minimum atomic E-state index is -0.664. The second-order valence-corrected chi connectivity index (χ2v) is 11.9. The Kier molecular flexibility index (Phi) is 5.33. The van der Waals surface area contributed by atoms with Crippen LogP contribution in [0.5, 0.6) is 0 Å². The van der Waals surface area contributed by atoms with E-state index in [9.17, 15) is 10.2 Å². The van der Waals surface area contributed by atoms with E-state index in [1.54, 1.807) is 11.8 Å². The van der Waals surface area contributed by atoms with Crippen LogP contribution in [-0.2, 0) is 6.42 Å². The molecule has 1 aromatic rings. The van der Waals surface area contributed by atoms with E-state index in [1.807, 2.05) is 12.1 Å². The minimum absolute atomic E-state index is 0.134. The number of hydrogen-bond acceptors (Lipinski definition) is 4. The van der Waals surface area contributed by atoms with Crippen LogP contribution < -0.4 is 0 Å². The molecule has 170 valence electrons. The Morgan fingerprint density at radius 1 is 1.13 bits per heavy atom. The van der Waals surface area contributed by atoms with Gasteiger partial charge in [0.25, 0.3) is 0 Å². The molecule has 8 atom stereocenters. The average Bonchev–Trinajstić information content (AvgIpc) is 3.12. The molecule has 4 nitrogen and oxygen atoms in total. The molecule has 0 aliphatic heterocycles. The molecule has 0 amide bonds. The number of nitrogens with zero attached hydrogens (tertiary/aromatic N) is 2. The van der Waals surface area contributed by atoms with Gasteiger partial charge in [-0.2, -0.15) is 10.2 Å². The largest absolute Gasteiger partial charge is 0.393 e. The van der Waals surface area contributed by atoms with Gasteiger partial charge in [-0.15, -0.1) is 0 Å². The molecule has 1 heterocycles. The first-order valence-corrected chi connectivity index (χ1v) is 12.6. The number of rotatable bonds is 4. The zero-order valence-electron chi connectivity index (χ0n) is 19.6. The summed E-state index contributed by atoms with van der Waals surface area (Å²) in [6.07, 6.45) is 14.7. The van der Waals surface area contributed by atoms with Crippen LogP contribution in [0.3, 0.4) is 0 Å². The number of hydrogen-bond donors (Lipinski definition) is 2. The Labute approximate surface area is 187 Å². The third kappa shape index (κ3) is 3.49. The molecule has 0 bridgehead atoms. The average molecular weight is 425 g/mol. The van der Waals surface area contributed by atoms with Crippen molar-refractivity contribution >= 4 is 0 Å². The summed E-state index contributed by atoms with van der Waals surface area (Å²) in [6.45, 7) is 7.07. The third-order valence-electron chi connectivity index (χ3n) is 10.3. The summed E-state index contributed by atoms with van der Waals surface area (Å²) in [7, 11) is 0. The van der Waals surface area contributed by atoms with Crippen LogP contribution in [0.2, 0.25) is 0 Å². The number of aliphatic hydroxyl groups excluding tert-OH is 1. The van der Waals surface area contributed by atoms with E-state index in [0.717, 1.165) is 56.1 Å². The molecule has 4 aliphatic rings. The Bertz CT molecular complexity index is 837. The molecule has 4 aliphatic carbocycles. The zero-order valence-corrected chi connectivity index (χ0v) is 19.6. The second-order valence-electron chi connectivity index (χ2n) is 11.9. The van der Waals surface area contributed by atoms with Crippen molar-refractivity contribution in [2.75, 3.05) is 0 Å². The van der Waals surface area contributed by atoms with Gasteiger partial charge >= 0.3 is 0 Å². The minimum Gasteiger partial charge on any atom is -0.393 e. The van der Waals surface area contributed by atoms with E-state index in [2.05, 4.69) is 37.0 Å². The lowest BCUT2D eigenvalue weighted by Gasteiger charge is -2.59. The summed E-state index contributed by atoms with van der Waals surface area (Å²) in [6, 6.07) is 3.95. The van der Waals surface area contributed by atoms with Gasteiger partial charge in [0, 0.05) is 6.20 Å². The number of fused-ring (bicyclic) bond motifs is 5. The molecule has 1 unspecified atom stereocenters. The van der Waals surface area contributed by atoms with E-state index in [0.29, 0.717) is 11.8 Å². The Morgan fingerprint density at radius 3 is 2.74 bits per heavy atom. The van der Waals surface area contributed by atoms with Crippen LogP contribution >= 0.6 is 0 Å². The van der Waals surface area contributed by atoms with Crippen LogP contribution in [0.25, 0.3) is 0 Å². The van der Waals surface area contributed by atoms with Crippen molar-refractivity contribution in [1.82, 2.24) is 10.2 Å². The number of aryl methyl sites for hydroxylation is 1. The second kappa shape index (κ2) is 7.66. The highest BCUT2D eigenvalue weighted by atomic mass is 16.3. The van der Waals surface area contributed by atoms with E-state index in [-0.39, 0.29) is 16.9 Å². The quantitative estimate of drug-likeness (QED) is 0.660. The van der Waals surface area contributed by atoms with Crippen LogP contribution in [0.1, 0.15) is 84.3 Å². The maximum absolute atomic E-state index is 11.7. The predicted octanol–water partition coefficient (Wildman–Crippen LogP) is 5.10. The Hall–Kier alpha value is -1.26. The lowest BCUT2D eigenvalue weighted by Crippen LogP contribution is -2.53. The lowest BCUT2D eigenvalue weighted by atomic mass is 9.46. The van der Waals surface area contributed by atoms with Crippen molar-refractivity contribution in [2.24, 2.45) is 34.5 Å². The summed E-state index contributed by atoms with van der Waals surface area (Å²) in [5.74, 6) is 2.56. The number of aliphatic hydroxyl groups is 2. The third-order valence-corrected chi connectivity index (χ3v) is 10.3. The standard InChI is InChI=1S/C27H40N2O2/c1-25-13-11-20(30)17-18(25)6-7-21-22-8-9-24(26(22,2)14-12-23(21)25)27(3,31)15-10-19-5-4-16-28-29-19/h4-6,16,20-24,30-31H,7-15,17H2,1-3H3/t20-,21-,22-,23-,24-,25-,26-,27?/m0/s1. The zero-order chi connectivity index (χ0) is 21.9. The van der Waals surface area contributed by atoms with Gasteiger partial charge in [-0.3, -0.25) is 0 Å². The Morgan fingerprint density at radius 2 is 1.97 bits per heavy atom. The molecule has 0 radical (unpaired) electrons. The van der Waals surface area contributed by atoms with Crippen LogP contribution in [0.4, 0.5) is 0 Å². The van der Waals surface area contributed by atoms with Gasteiger partial charge in [-0.05, 0) is 118 Å². The fraction of sp³-hybridized carbons (Fsp3) is 0.778. The maximum Gasteiger partial charge on any atom is 0.0656 e. The molecular weight excluding hydrogens is 384 g/mol. The molecule has 31 heavy (non-hydrogen) atoms. The van der Waals surface area contributed by atoms with E-state index in [1.165, 1.54) is 25.7 Å². The van der Waals surface area contributed by atoms with Crippen LogP contribution in [-0.4, -0.2) is 32.1 Å². The maximum atomic E-state index is 11.7. The molecule has 3 saturated carbocycles. The van der Waals surface area contributed by atoms with Gasteiger partial charge in [-0.1, -0.05) is 25.5 Å². The van der Waals surface area contributed by atoms with Crippen molar-refractivity contribution in [2.45, 2.75) is 96.7 Å². The molecule has 1 aromatic heterocycles. The van der Waals surface area contributed by atoms with E-state index < -0.39 is 5.60 Å². The first kappa shape index (κ1) is 21.6. The summed E-state index contributed by atoms with van der Waals surface area (Å²) < 4.78 is 0. The number of allylic oxidation sites excluding steroid dienone is 1. The van der Waals surface area contributed by atoms with Crippen molar-refractivity contribution in [1.29, 1.82) is 0 Å². The molecular formula is C27H40N2O2. The van der Waals surface area contributed by atoms with Gasteiger partial charge in [0.2, 0.25) is 0 Å². The first-order valence-electron chi connectivity index (χ1n) is 12.6. The van der Waals surface area contributed by atoms with E-state index in [4.69, 9.17) is 0 Å². The highest BCUT2D eigenvalue weighted by Gasteiger charge is 2.61. The smallest absolute Gasteiger partial charge is 0.0656 e. The van der Waals surface area contributed by atoms with Gasteiger partial charge in [-0.25, -0.2) is 0 Å². The van der Waals surface area contributed by atoms with E-state index >= 15 is 0 Å². The fourth-order valence-electron chi connectivity index (χ4n) is 8.69. The van der Waals surface area contributed by atoms with Crippen molar-refractivity contribution in [3.05, 3.63) is 35.7 Å². The van der Waals surface area contributed by atoms with Crippen molar-refractivity contribution in [3.8, 4) is 0 Å². The molecule has 5 rings (SSSR count). The molecule has 4 heteroatoms. The highest BCUT2D eigenvalue weighted by molar-refractivity contribution is 5.25.